The number of carbonyl (C=O) groups excluding carboxylic acids is 1. The molecule has 0 saturated heterocycles. The summed E-state index contributed by atoms with van der Waals surface area (Å²) in [5.41, 5.74) is 0.827. The molecule has 2 heteroatoms. The number of unbranched alkanes of at least 4 members (excludes halogenated alkanes) is 1. The number of fused-ring (bicyclic) bond motifs is 1. The van der Waals surface area contributed by atoms with Crippen molar-refractivity contribution in [3.63, 3.8) is 0 Å². The van der Waals surface area contributed by atoms with Crippen LogP contribution in [-0.2, 0) is 0 Å². The largest absolute Gasteiger partial charge is 0.339 e. The average Bonchev–Trinajstić information content (AvgIpc) is 2.50. The van der Waals surface area contributed by atoms with E-state index in [1.54, 1.807) is 0 Å². The minimum Gasteiger partial charge on any atom is -0.339 e. The molecule has 0 atom stereocenters. The van der Waals surface area contributed by atoms with Crippen LogP contribution in [0.2, 0.25) is 0 Å². The van der Waals surface area contributed by atoms with Crippen molar-refractivity contribution in [2.24, 2.45) is 0 Å². The van der Waals surface area contributed by atoms with Crippen molar-refractivity contribution in [1.82, 2.24) is 4.90 Å². The van der Waals surface area contributed by atoms with Crippen LogP contribution in [0.5, 0.6) is 0 Å². The van der Waals surface area contributed by atoms with Crippen molar-refractivity contribution < 1.29 is 4.79 Å². The van der Waals surface area contributed by atoms with Crippen molar-refractivity contribution in [3.05, 3.63) is 48.0 Å². The third kappa shape index (κ3) is 3.19. The quantitative estimate of drug-likeness (QED) is 0.756. The number of rotatable bonds is 6. The molecule has 0 radical (unpaired) electrons. The number of benzene rings is 2. The molecule has 0 spiro atoms. The fourth-order valence-corrected chi connectivity index (χ4v) is 2.52. The zero-order valence-electron chi connectivity index (χ0n) is 12.4. The topological polar surface area (TPSA) is 20.3 Å². The average molecular weight is 269 g/mol. The van der Waals surface area contributed by atoms with Gasteiger partial charge in [0.25, 0.3) is 5.91 Å². The number of carbonyl (C=O) groups is 1. The van der Waals surface area contributed by atoms with Crippen LogP contribution in [0.4, 0.5) is 0 Å². The first-order chi connectivity index (χ1) is 9.77. The van der Waals surface area contributed by atoms with E-state index in [2.05, 4.69) is 26.0 Å². The van der Waals surface area contributed by atoms with Gasteiger partial charge in [0, 0.05) is 18.7 Å². The number of nitrogens with zero attached hydrogens (tertiary/aromatic N) is 1. The van der Waals surface area contributed by atoms with E-state index in [0.717, 1.165) is 48.7 Å². The summed E-state index contributed by atoms with van der Waals surface area (Å²) in [4.78, 5) is 14.8. The van der Waals surface area contributed by atoms with Gasteiger partial charge in [-0.05, 0) is 29.7 Å². The Morgan fingerprint density at radius 1 is 0.950 bits per heavy atom. The van der Waals surface area contributed by atoms with E-state index in [1.807, 2.05) is 35.2 Å². The molecule has 106 valence electrons. The summed E-state index contributed by atoms with van der Waals surface area (Å²) < 4.78 is 0. The molecule has 0 aliphatic rings. The van der Waals surface area contributed by atoms with E-state index in [0.29, 0.717) is 0 Å². The molecule has 0 N–H and O–H groups in total. The number of amides is 1. The van der Waals surface area contributed by atoms with Crippen molar-refractivity contribution in [2.75, 3.05) is 13.1 Å². The van der Waals surface area contributed by atoms with Gasteiger partial charge < -0.3 is 4.90 Å². The van der Waals surface area contributed by atoms with Crippen molar-refractivity contribution in [2.45, 2.75) is 33.1 Å². The van der Waals surface area contributed by atoms with Crippen LogP contribution in [0, 0.1) is 0 Å². The summed E-state index contributed by atoms with van der Waals surface area (Å²) in [6, 6.07) is 14.1. The van der Waals surface area contributed by atoms with Gasteiger partial charge in [-0.1, -0.05) is 56.7 Å². The van der Waals surface area contributed by atoms with E-state index in [9.17, 15) is 4.79 Å². The molecule has 0 aliphatic carbocycles. The highest BCUT2D eigenvalue weighted by Crippen LogP contribution is 2.20. The zero-order valence-corrected chi connectivity index (χ0v) is 12.4. The van der Waals surface area contributed by atoms with Crippen LogP contribution in [0.25, 0.3) is 10.8 Å². The lowest BCUT2D eigenvalue weighted by atomic mass is 10.0. The standard InChI is InChI=1S/C18H23NO/c1-3-5-14-19(13-4-2)18(20)17-12-8-10-15-9-6-7-11-16(15)17/h6-12H,3-5,13-14H2,1-2H3. The fourth-order valence-electron chi connectivity index (χ4n) is 2.52. The lowest BCUT2D eigenvalue weighted by molar-refractivity contribution is 0.0755. The summed E-state index contributed by atoms with van der Waals surface area (Å²) in [6.45, 7) is 5.97. The van der Waals surface area contributed by atoms with Crippen LogP contribution in [-0.4, -0.2) is 23.9 Å². The maximum atomic E-state index is 12.8. The molecule has 0 bridgehead atoms. The van der Waals surface area contributed by atoms with Crippen molar-refractivity contribution in [1.29, 1.82) is 0 Å². The molecule has 0 saturated carbocycles. The molecule has 0 fully saturated rings. The fraction of sp³-hybridized carbons (Fsp3) is 0.389. The predicted octanol–water partition coefficient (Wildman–Crippen LogP) is 4.49. The van der Waals surface area contributed by atoms with Gasteiger partial charge in [-0.25, -0.2) is 0 Å². The monoisotopic (exact) mass is 269 g/mol. The molecule has 0 unspecified atom stereocenters. The van der Waals surface area contributed by atoms with E-state index in [4.69, 9.17) is 0 Å². The van der Waals surface area contributed by atoms with Gasteiger partial charge in [0.2, 0.25) is 0 Å². The molecule has 2 aromatic carbocycles. The minimum absolute atomic E-state index is 0.164. The maximum Gasteiger partial charge on any atom is 0.254 e. The van der Waals surface area contributed by atoms with Gasteiger partial charge in [0.15, 0.2) is 0 Å². The third-order valence-electron chi connectivity index (χ3n) is 3.58. The second-order valence-corrected chi connectivity index (χ2v) is 5.17. The summed E-state index contributed by atoms with van der Waals surface area (Å²) in [7, 11) is 0. The Kier molecular flexibility index (Phi) is 5.16. The molecule has 0 heterocycles. The Labute approximate surface area is 121 Å². The van der Waals surface area contributed by atoms with Gasteiger partial charge in [-0.2, -0.15) is 0 Å². The van der Waals surface area contributed by atoms with Gasteiger partial charge in [0.1, 0.15) is 0 Å². The normalized spacial score (nSPS) is 10.7. The molecule has 1 amide bonds. The molecule has 2 aromatic rings. The SMILES string of the molecule is CCCCN(CCC)C(=O)c1cccc2ccccc12. The minimum atomic E-state index is 0.164. The zero-order chi connectivity index (χ0) is 14.4. The predicted molar refractivity (Wildman–Crippen MR) is 85.1 cm³/mol. The second-order valence-electron chi connectivity index (χ2n) is 5.17. The summed E-state index contributed by atoms with van der Waals surface area (Å²) in [5.74, 6) is 0.164. The van der Waals surface area contributed by atoms with Crippen LogP contribution >= 0.6 is 0 Å². The number of hydrogen-bond acceptors (Lipinski definition) is 1. The molecule has 2 nitrogen and oxygen atoms in total. The highest BCUT2D eigenvalue weighted by molar-refractivity contribution is 6.07. The Hall–Kier alpha value is -1.83. The van der Waals surface area contributed by atoms with Gasteiger partial charge in [0.05, 0.1) is 0 Å². The van der Waals surface area contributed by atoms with E-state index >= 15 is 0 Å². The van der Waals surface area contributed by atoms with Crippen molar-refractivity contribution >= 4 is 16.7 Å². The van der Waals surface area contributed by atoms with Crippen molar-refractivity contribution in [3.8, 4) is 0 Å². The Balaban J connectivity index is 2.33. The molecular weight excluding hydrogens is 246 g/mol. The first-order valence-corrected chi connectivity index (χ1v) is 7.55. The number of hydrogen-bond donors (Lipinski definition) is 0. The smallest absolute Gasteiger partial charge is 0.254 e. The van der Waals surface area contributed by atoms with E-state index < -0.39 is 0 Å². The third-order valence-corrected chi connectivity index (χ3v) is 3.58. The Morgan fingerprint density at radius 3 is 2.45 bits per heavy atom. The summed E-state index contributed by atoms with van der Waals surface area (Å²) >= 11 is 0. The second kappa shape index (κ2) is 7.09. The van der Waals surface area contributed by atoms with Crippen LogP contribution in [0.1, 0.15) is 43.5 Å². The summed E-state index contributed by atoms with van der Waals surface area (Å²) in [5, 5.41) is 2.18. The highest BCUT2D eigenvalue weighted by Gasteiger charge is 2.16. The van der Waals surface area contributed by atoms with Gasteiger partial charge in [-0.15, -0.1) is 0 Å². The molecule has 0 aromatic heterocycles. The lowest BCUT2D eigenvalue weighted by Gasteiger charge is -2.22. The molecule has 20 heavy (non-hydrogen) atoms. The Bertz CT molecular complexity index is 571. The molecule has 0 aliphatic heterocycles. The van der Waals surface area contributed by atoms with Crippen LogP contribution in [0.15, 0.2) is 42.5 Å². The maximum absolute atomic E-state index is 12.8. The first-order valence-electron chi connectivity index (χ1n) is 7.55. The van der Waals surface area contributed by atoms with Crippen LogP contribution < -0.4 is 0 Å². The lowest BCUT2D eigenvalue weighted by Crippen LogP contribution is -2.32. The van der Waals surface area contributed by atoms with Gasteiger partial charge in [-0.3, -0.25) is 4.79 Å². The van der Waals surface area contributed by atoms with E-state index in [-0.39, 0.29) is 5.91 Å². The van der Waals surface area contributed by atoms with E-state index in [1.165, 1.54) is 0 Å². The first kappa shape index (κ1) is 14.6. The van der Waals surface area contributed by atoms with Crippen LogP contribution in [0.3, 0.4) is 0 Å². The van der Waals surface area contributed by atoms with Gasteiger partial charge >= 0.3 is 0 Å². The molecular formula is C18H23NO. The Morgan fingerprint density at radius 2 is 1.70 bits per heavy atom. The molecule has 2 rings (SSSR count). The highest BCUT2D eigenvalue weighted by atomic mass is 16.2. The summed E-state index contributed by atoms with van der Waals surface area (Å²) in [6.07, 6.45) is 3.18.